The minimum Gasteiger partial charge on any atom is -0.411 e. The van der Waals surface area contributed by atoms with Gasteiger partial charge in [-0.25, -0.2) is 0 Å². The van der Waals surface area contributed by atoms with Gasteiger partial charge in [-0.05, 0) is 158 Å². The molecule has 0 rings (SSSR count). The van der Waals surface area contributed by atoms with Crippen molar-refractivity contribution in [1.29, 1.82) is 0 Å². The lowest BCUT2D eigenvalue weighted by Crippen LogP contribution is -2.57. The number of oxime groups is 2. The first kappa shape index (κ1) is 90.9. The van der Waals surface area contributed by atoms with Gasteiger partial charge < -0.3 is 78.1 Å². The molecule has 0 aliphatic heterocycles. The molecule has 28 heteroatoms. The number of nitrogens with one attached hydrogen (secondary N) is 9. The van der Waals surface area contributed by atoms with Crippen molar-refractivity contribution in [1.82, 2.24) is 47.9 Å². The van der Waals surface area contributed by atoms with Gasteiger partial charge in [0.05, 0.1) is 80.1 Å². The second-order valence-electron chi connectivity index (χ2n) is 22.8. The molecule has 0 aromatic heterocycles. The Balaban J connectivity index is -0.00000242. The average Bonchev–Trinajstić information content (AvgIpc) is 1.86. The van der Waals surface area contributed by atoms with E-state index in [2.05, 4.69) is 77.7 Å². The van der Waals surface area contributed by atoms with Crippen molar-refractivity contribution < 1.29 is 72.6 Å². The molecule has 0 radical (unpaired) electrons. The fourth-order valence-electron chi connectivity index (χ4n) is 7.55. The first-order chi connectivity index (χ1) is 42.5. The minimum atomic E-state index is -0.923. The fourth-order valence-corrected chi connectivity index (χ4v) is 7.55. The number of ketones is 3. The summed E-state index contributed by atoms with van der Waals surface area (Å²) in [6.07, 6.45) is 12.2. The number of primary amides is 2. The van der Waals surface area contributed by atoms with E-state index in [1.165, 1.54) is 13.8 Å². The van der Waals surface area contributed by atoms with E-state index in [0.29, 0.717) is 75.1 Å². The van der Waals surface area contributed by atoms with E-state index in [-0.39, 0.29) is 141 Å². The number of nitrogens with two attached hydrogens (primary N) is 2. The Morgan fingerprint density at radius 3 is 1.29 bits per heavy atom. The molecule has 0 aliphatic carbocycles. The third-order valence-corrected chi connectivity index (χ3v) is 13.7. The molecular weight excluding hydrogens is 1180 g/mol. The number of allylic oxidation sites excluding steroid dienone is 1. The Labute approximate surface area is 542 Å². The first-order valence-corrected chi connectivity index (χ1v) is 31.4. The normalized spacial score (nSPS) is 12.4. The van der Waals surface area contributed by atoms with Gasteiger partial charge in [0.2, 0.25) is 41.4 Å². The summed E-state index contributed by atoms with van der Waals surface area (Å²) in [4.78, 5) is 120. The molecule has 28 nitrogen and oxygen atoms in total. The zero-order valence-corrected chi connectivity index (χ0v) is 56.2. The maximum absolute atomic E-state index is 13.4. The van der Waals surface area contributed by atoms with E-state index in [1.54, 1.807) is 20.8 Å². The van der Waals surface area contributed by atoms with Crippen LogP contribution in [0.2, 0.25) is 0 Å². The molecule has 91 heavy (non-hydrogen) atoms. The number of ether oxygens (including phenoxy) is 3. The van der Waals surface area contributed by atoms with Crippen molar-refractivity contribution in [3.8, 4) is 0 Å². The molecule has 0 heterocycles. The van der Waals surface area contributed by atoms with E-state index >= 15 is 0 Å². The van der Waals surface area contributed by atoms with Gasteiger partial charge in [-0.15, -0.1) is 5.73 Å². The van der Waals surface area contributed by atoms with Crippen molar-refractivity contribution in [2.24, 2.45) is 21.8 Å². The molecule has 0 spiro atoms. The highest BCUT2D eigenvalue weighted by atomic mass is 16.5. The number of rotatable bonds is 52. The lowest BCUT2D eigenvalue weighted by molar-refractivity contribution is -0.129. The van der Waals surface area contributed by atoms with Gasteiger partial charge >= 0.3 is 0 Å². The monoisotopic (exact) mass is 1300 g/mol. The average molecular weight is 1300 g/mol. The molecule has 0 aromatic carbocycles. The standard InChI is InChI=1S/C50H93N13O14.C6H12O.C6H10.CH4/c1-34(64)28-56-39(46(51)70)16-9-12-21-53-44(68)32-76-26-24-75-25-27-77-33-45(69)54-22-13-11-18-41(48(72)55-23-14-10-17-40(47(52)71)57-29-35(2)65)61-43(67)20-15-19-42(66)60-38(30-58-49(5,6)36(3)62-73)31-59-50(7,8)37(4)63-74;1-3-4-5-6(2)7;1-3-5-6-4-2;/h38-41,56-59,73-74H,9-33H2,1-8H3,(H2,51,70)(H2,52,71)(H,53,68)(H,54,69)(H,55,72)(H,60,66)(H,61,67);3-5H2,1-2H3;3,6H,4H2,1-2H3;1H4/b62-36+,63-37+;;;/t39-,40-,41-;;;/m0.../s1. The summed E-state index contributed by atoms with van der Waals surface area (Å²) in [7, 11) is 0. The van der Waals surface area contributed by atoms with Crippen LogP contribution in [-0.2, 0) is 62.2 Å². The Morgan fingerprint density at radius 1 is 0.527 bits per heavy atom. The number of Topliss-reactive ketones (excluding diaryl/α,β-unsaturated/α-hetero) is 3. The smallest absolute Gasteiger partial charge is 0.245 e. The summed E-state index contributed by atoms with van der Waals surface area (Å²) in [5, 5.41) is 51.6. The third-order valence-electron chi connectivity index (χ3n) is 13.7. The summed E-state index contributed by atoms with van der Waals surface area (Å²) >= 11 is 0. The number of hydrogen-bond donors (Lipinski definition) is 13. The molecule has 0 aliphatic rings. The molecule has 15 N–H and O–H groups in total. The maximum atomic E-state index is 13.4. The van der Waals surface area contributed by atoms with Gasteiger partial charge in [0.15, 0.2) is 0 Å². The van der Waals surface area contributed by atoms with Crippen molar-refractivity contribution >= 4 is 70.1 Å². The van der Waals surface area contributed by atoms with Gasteiger partial charge in [-0.1, -0.05) is 38.0 Å². The predicted octanol–water partition coefficient (Wildman–Crippen LogP) is 3.07. The third kappa shape index (κ3) is 54.9. The number of nitrogens with zero attached hydrogens (tertiary/aromatic N) is 2. The van der Waals surface area contributed by atoms with Gasteiger partial charge in [-0.2, -0.15) is 0 Å². The lowest BCUT2D eigenvalue weighted by atomic mass is 9.98. The maximum Gasteiger partial charge on any atom is 0.245 e. The Morgan fingerprint density at radius 2 is 0.934 bits per heavy atom. The largest absolute Gasteiger partial charge is 0.411 e. The van der Waals surface area contributed by atoms with Crippen LogP contribution in [0.15, 0.2) is 28.2 Å². The van der Waals surface area contributed by atoms with Gasteiger partial charge in [0, 0.05) is 52.0 Å². The van der Waals surface area contributed by atoms with Crippen molar-refractivity contribution in [3.05, 3.63) is 17.9 Å². The topological polar surface area (TPSA) is 424 Å². The van der Waals surface area contributed by atoms with E-state index < -0.39 is 58.9 Å². The molecule has 7 amide bonds. The Kier molecular flexibility index (Phi) is 57.3. The van der Waals surface area contributed by atoms with Gasteiger partial charge in [0.25, 0.3) is 0 Å². The van der Waals surface area contributed by atoms with E-state index in [4.69, 9.17) is 25.7 Å². The zero-order valence-electron chi connectivity index (χ0n) is 56.2. The van der Waals surface area contributed by atoms with Crippen LogP contribution in [0.4, 0.5) is 0 Å². The second-order valence-corrected chi connectivity index (χ2v) is 22.8. The van der Waals surface area contributed by atoms with Gasteiger partial charge in [0.1, 0.15) is 36.6 Å². The number of carbonyl (C=O) groups is 10. The zero-order chi connectivity index (χ0) is 68.8. The van der Waals surface area contributed by atoms with Crippen LogP contribution >= 0.6 is 0 Å². The highest BCUT2D eigenvalue weighted by Crippen LogP contribution is 2.10. The van der Waals surface area contributed by atoms with Crippen LogP contribution in [0.5, 0.6) is 0 Å². The molecule has 0 fully saturated rings. The summed E-state index contributed by atoms with van der Waals surface area (Å²) in [6, 6.07) is -2.70. The fraction of sp³-hybridized carbons (Fsp3) is 0.762. The summed E-state index contributed by atoms with van der Waals surface area (Å²) in [6.45, 7) is 23.0. The number of amides is 7. The summed E-state index contributed by atoms with van der Waals surface area (Å²) in [5.41, 5.74) is 13.2. The number of carbonyl (C=O) groups excluding carboxylic acids is 10. The minimum absolute atomic E-state index is 0. The number of unbranched alkanes of at least 4 members (excludes halogenated alkanes) is 4. The molecule has 0 unspecified atom stereocenters. The van der Waals surface area contributed by atoms with Crippen molar-refractivity contribution in [2.75, 3.05) is 85.5 Å². The van der Waals surface area contributed by atoms with Crippen LogP contribution < -0.4 is 59.3 Å². The van der Waals surface area contributed by atoms with E-state index in [9.17, 15) is 58.4 Å². The van der Waals surface area contributed by atoms with Crippen molar-refractivity contribution in [3.63, 3.8) is 0 Å². The highest BCUT2D eigenvalue weighted by molar-refractivity contribution is 5.91. The van der Waals surface area contributed by atoms with Crippen molar-refractivity contribution in [2.45, 2.75) is 228 Å². The number of hydrogen-bond acceptors (Lipinski definition) is 21. The Bertz CT molecular complexity index is 2190. The van der Waals surface area contributed by atoms with E-state index in [0.717, 1.165) is 25.7 Å². The second kappa shape index (κ2) is 57.4. The summed E-state index contributed by atoms with van der Waals surface area (Å²) < 4.78 is 16.1. The molecule has 3 atom stereocenters. The summed E-state index contributed by atoms with van der Waals surface area (Å²) in [5.74, 6) is -2.92. The quantitative estimate of drug-likeness (QED) is 0.0137. The Hall–Kier alpha value is -6.52. The molecule has 0 bridgehead atoms. The van der Waals surface area contributed by atoms with Crippen LogP contribution in [0.3, 0.4) is 0 Å². The SMILES string of the molecule is C.CC(=O)CN[C@@H](CCCCNC(=O)COCCOCCOCC(=O)NCCCC[C@H](NC(=O)CCCC(=O)NC(CNC(C)(C)/C(C)=N/O)CNC(C)(C)/C(C)=N/O)C(=O)NCCCC[C@H](NCC(C)=O)C(N)=O)C(N)=O.CC=C=CCC.CCCCC(C)=O. The van der Waals surface area contributed by atoms with Gasteiger partial charge in [-0.3, -0.25) is 53.8 Å². The van der Waals surface area contributed by atoms with E-state index in [1.807, 2.05) is 46.8 Å². The first-order valence-electron chi connectivity index (χ1n) is 31.4. The molecule has 0 saturated heterocycles. The molecule has 526 valence electrons. The van der Waals surface area contributed by atoms with Crippen LogP contribution in [-0.4, -0.2) is 201 Å². The molecule has 0 saturated carbocycles. The van der Waals surface area contributed by atoms with Crippen LogP contribution in [0.1, 0.15) is 193 Å². The predicted molar refractivity (Wildman–Crippen MR) is 354 cm³/mol. The molecule has 0 aromatic rings. The van der Waals surface area contributed by atoms with Crippen LogP contribution in [0.25, 0.3) is 0 Å². The van der Waals surface area contributed by atoms with Crippen LogP contribution in [0, 0.1) is 0 Å². The molecular formula is C63H119N13O15. The highest BCUT2D eigenvalue weighted by Gasteiger charge is 2.28. The lowest BCUT2D eigenvalue weighted by Gasteiger charge is -2.32.